The molecule has 2 rings (SSSR count). The van der Waals surface area contributed by atoms with Gasteiger partial charge in [-0.1, -0.05) is 30.3 Å². The van der Waals surface area contributed by atoms with E-state index in [1.807, 2.05) is 56.1 Å². The van der Waals surface area contributed by atoms with Crippen LogP contribution in [0.25, 0.3) is 0 Å². The summed E-state index contributed by atoms with van der Waals surface area (Å²) in [6, 6.07) is 13.3. The fourth-order valence-electron chi connectivity index (χ4n) is 2.46. The number of likely N-dealkylation sites (N-methyl/N-ethyl adjacent to an activating group) is 1. The minimum absolute atomic E-state index is 0.245. The van der Waals surface area contributed by atoms with Crippen LogP contribution in [0.15, 0.2) is 42.5 Å². The molecular weight excluding hydrogens is 290 g/mol. The van der Waals surface area contributed by atoms with E-state index < -0.39 is 6.10 Å². The molecule has 0 saturated carbocycles. The molecule has 4 nitrogen and oxygen atoms in total. The lowest BCUT2D eigenvalue weighted by Gasteiger charge is -2.21. The van der Waals surface area contributed by atoms with Gasteiger partial charge in [-0.3, -0.25) is 4.90 Å². The Hall–Kier alpha value is -2.04. The van der Waals surface area contributed by atoms with Gasteiger partial charge in [0.05, 0.1) is 0 Å². The molecule has 0 aromatic heterocycles. The zero-order chi connectivity index (χ0) is 16.8. The molecule has 2 N–H and O–H groups in total. The number of nitrogens with zero attached hydrogens (tertiary/aromatic N) is 1. The highest BCUT2D eigenvalue weighted by molar-refractivity contribution is 5.36. The summed E-state index contributed by atoms with van der Waals surface area (Å²) in [5, 5.41) is 19.9. The maximum atomic E-state index is 10.2. The number of aliphatic hydroxyl groups excluding tert-OH is 1. The van der Waals surface area contributed by atoms with Crippen molar-refractivity contribution in [1.82, 2.24) is 4.90 Å². The molecule has 0 saturated heterocycles. The first-order chi connectivity index (χ1) is 11.0. The van der Waals surface area contributed by atoms with E-state index in [0.717, 1.165) is 22.4 Å². The Labute approximate surface area is 138 Å². The molecule has 0 amide bonds. The third kappa shape index (κ3) is 5.27. The van der Waals surface area contributed by atoms with Gasteiger partial charge in [0, 0.05) is 18.7 Å². The summed E-state index contributed by atoms with van der Waals surface area (Å²) in [5.74, 6) is 1.09. The average molecular weight is 315 g/mol. The zero-order valence-corrected chi connectivity index (χ0v) is 14.0. The van der Waals surface area contributed by atoms with E-state index in [1.165, 1.54) is 0 Å². The van der Waals surface area contributed by atoms with Gasteiger partial charge in [0.15, 0.2) is 0 Å². The van der Waals surface area contributed by atoms with E-state index in [4.69, 9.17) is 4.74 Å². The van der Waals surface area contributed by atoms with Gasteiger partial charge in [0.2, 0.25) is 0 Å². The summed E-state index contributed by atoms with van der Waals surface area (Å²) in [6.07, 6.45) is -0.592. The van der Waals surface area contributed by atoms with E-state index in [1.54, 1.807) is 12.1 Å². The Morgan fingerprint density at radius 1 is 1.13 bits per heavy atom. The van der Waals surface area contributed by atoms with Crippen LogP contribution in [-0.4, -0.2) is 41.4 Å². The first-order valence-electron chi connectivity index (χ1n) is 7.79. The van der Waals surface area contributed by atoms with E-state index in [2.05, 4.69) is 0 Å². The lowest BCUT2D eigenvalue weighted by Crippen LogP contribution is -2.32. The Morgan fingerprint density at radius 3 is 2.61 bits per heavy atom. The van der Waals surface area contributed by atoms with E-state index in [-0.39, 0.29) is 12.4 Å². The van der Waals surface area contributed by atoms with Crippen LogP contribution in [0.3, 0.4) is 0 Å². The van der Waals surface area contributed by atoms with Crippen molar-refractivity contribution in [3.63, 3.8) is 0 Å². The predicted octanol–water partition coefficient (Wildman–Crippen LogP) is 2.88. The zero-order valence-electron chi connectivity index (χ0n) is 14.0. The van der Waals surface area contributed by atoms with Gasteiger partial charge in [0.25, 0.3) is 0 Å². The number of hydrogen-bond donors (Lipinski definition) is 2. The summed E-state index contributed by atoms with van der Waals surface area (Å²) in [7, 11) is 1.91. The summed E-state index contributed by atoms with van der Waals surface area (Å²) in [6.45, 7) is 5.30. The van der Waals surface area contributed by atoms with Crippen LogP contribution in [0.5, 0.6) is 11.5 Å². The molecule has 4 heteroatoms. The Kier molecular flexibility index (Phi) is 6.02. The number of aromatic hydroxyl groups is 1. The molecule has 2 aromatic rings. The van der Waals surface area contributed by atoms with Gasteiger partial charge >= 0.3 is 0 Å². The highest BCUT2D eigenvalue weighted by Crippen LogP contribution is 2.20. The maximum Gasteiger partial charge on any atom is 0.122 e. The number of aliphatic hydroxyl groups is 1. The van der Waals surface area contributed by atoms with Crippen LogP contribution < -0.4 is 4.74 Å². The van der Waals surface area contributed by atoms with Gasteiger partial charge in [0.1, 0.15) is 24.2 Å². The predicted molar refractivity (Wildman–Crippen MR) is 91.9 cm³/mol. The standard InChI is InChI=1S/C19H25NO3/c1-14-8-9-15(2)19(10-14)23-13-17(21)12-20(3)11-16-6-4-5-7-18(16)22/h4-10,17,21-22H,11-13H2,1-3H3. The highest BCUT2D eigenvalue weighted by Gasteiger charge is 2.12. The molecule has 0 aliphatic heterocycles. The third-order valence-electron chi connectivity index (χ3n) is 3.73. The van der Waals surface area contributed by atoms with E-state index >= 15 is 0 Å². The number of rotatable bonds is 7. The highest BCUT2D eigenvalue weighted by atomic mass is 16.5. The smallest absolute Gasteiger partial charge is 0.122 e. The largest absolute Gasteiger partial charge is 0.508 e. The first-order valence-corrected chi connectivity index (χ1v) is 7.79. The summed E-state index contributed by atoms with van der Waals surface area (Å²) >= 11 is 0. The fourth-order valence-corrected chi connectivity index (χ4v) is 2.46. The third-order valence-corrected chi connectivity index (χ3v) is 3.73. The number of benzene rings is 2. The van der Waals surface area contributed by atoms with Gasteiger partial charge in [-0.05, 0) is 44.2 Å². The second kappa shape index (κ2) is 7.99. The second-order valence-corrected chi connectivity index (χ2v) is 6.06. The van der Waals surface area contributed by atoms with Crippen LogP contribution in [0.4, 0.5) is 0 Å². The number of ether oxygens (including phenoxy) is 1. The van der Waals surface area contributed by atoms with E-state index in [0.29, 0.717) is 13.1 Å². The van der Waals surface area contributed by atoms with Gasteiger partial charge in [-0.2, -0.15) is 0 Å². The van der Waals surface area contributed by atoms with Gasteiger partial charge in [-0.25, -0.2) is 0 Å². The Morgan fingerprint density at radius 2 is 1.87 bits per heavy atom. The number of aryl methyl sites for hydroxylation is 2. The first kappa shape index (κ1) is 17.3. The lowest BCUT2D eigenvalue weighted by molar-refractivity contribution is 0.0739. The molecule has 0 spiro atoms. The van der Waals surface area contributed by atoms with Crippen molar-refractivity contribution < 1.29 is 14.9 Å². The SMILES string of the molecule is Cc1ccc(C)c(OCC(O)CN(C)Cc2ccccc2O)c1. The normalized spacial score (nSPS) is 12.4. The van der Waals surface area contributed by atoms with Crippen molar-refractivity contribution in [2.45, 2.75) is 26.5 Å². The summed E-state index contributed by atoms with van der Waals surface area (Å²) in [5.41, 5.74) is 3.04. The van der Waals surface area contributed by atoms with Crippen LogP contribution in [0, 0.1) is 13.8 Å². The number of hydrogen-bond acceptors (Lipinski definition) is 4. The van der Waals surface area contributed by atoms with Crippen molar-refractivity contribution in [1.29, 1.82) is 0 Å². The second-order valence-electron chi connectivity index (χ2n) is 6.06. The molecule has 23 heavy (non-hydrogen) atoms. The quantitative estimate of drug-likeness (QED) is 0.825. The van der Waals surface area contributed by atoms with Crippen molar-refractivity contribution in [3.05, 3.63) is 59.2 Å². The average Bonchev–Trinajstić information content (AvgIpc) is 2.50. The van der Waals surface area contributed by atoms with Crippen LogP contribution in [-0.2, 0) is 6.54 Å². The lowest BCUT2D eigenvalue weighted by atomic mass is 10.1. The Bertz CT molecular complexity index is 642. The van der Waals surface area contributed by atoms with Crippen molar-refractivity contribution in [3.8, 4) is 11.5 Å². The molecule has 124 valence electrons. The summed E-state index contributed by atoms with van der Waals surface area (Å²) < 4.78 is 5.73. The topological polar surface area (TPSA) is 52.9 Å². The van der Waals surface area contributed by atoms with Crippen LogP contribution in [0.2, 0.25) is 0 Å². The molecular formula is C19H25NO3. The van der Waals surface area contributed by atoms with E-state index in [9.17, 15) is 10.2 Å². The molecule has 0 fully saturated rings. The minimum atomic E-state index is -0.592. The molecule has 1 unspecified atom stereocenters. The van der Waals surface area contributed by atoms with Crippen molar-refractivity contribution in [2.24, 2.45) is 0 Å². The van der Waals surface area contributed by atoms with Gasteiger partial charge < -0.3 is 14.9 Å². The van der Waals surface area contributed by atoms with Crippen LogP contribution >= 0.6 is 0 Å². The van der Waals surface area contributed by atoms with Crippen molar-refractivity contribution in [2.75, 3.05) is 20.2 Å². The number of phenolic OH excluding ortho intramolecular Hbond substituents is 1. The monoisotopic (exact) mass is 315 g/mol. The molecule has 0 bridgehead atoms. The summed E-state index contributed by atoms with van der Waals surface area (Å²) in [4.78, 5) is 1.96. The molecule has 1 atom stereocenters. The number of phenols is 1. The maximum absolute atomic E-state index is 10.2. The molecule has 0 radical (unpaired) electrons. The molecule has 0 heterocycles. The number of para-hydroxylation sites is 1. The van der Waals surface area contributed by atoms with Gasteiger partial charge in [-0.15, -0.1) is 0 Å². The molecule has 2 aromatic carbocycles. The fraction of sp³-hybridized carbons (Fsp3) is 0.368. The van der Waals surface area contributed by atoms with Crippen molar-refractivity contribution >= 4 is 0 Å². The minimum Gasteiger partial charge on any atom is -0.508 e. The van der Waals surface area contributed by atoms with Crippen LogP contribution in [0.1, 0.15) is 16.7 Å². The molecule has 0 aliphatic rings. The Balaban J connectivity index is 1.83. The molecule has 0 aliphatic carbocycles.